The van der Waals surface area contributed by atoms with Crippen molar-refractivity contribution in [1.29, 1.82) is 0 Å². The van der Waals surface area contributed by atoms with Gasteiger partial charge in [-0.15, -0.1) is 0 Å². The van der Waals surface area contributed by atoms with Crippen LogP contribution in [0.1, 0.15) is 26.6 Å². The second-order valence-corrected chi connectivity index (χ2v) is 4.60. The lowest BCUT2D eigenvalue weighted by Crippen LogP contribution is -2.36. The fourth-order valence-corrected chi connectivity index (χ4v) is 1.59. The third-order valence-corrected chi connectivity index (χ3v) is 2.32. The summed E-state index contributed by atoms with van der Waals surface area (Å²) in [5, 5.41) is 6.39. The molecule has 0 aromatic carbocycles. The zero-order chi connectivity index (χ0) is 12.9. The summed E-state index contributed by atoms with van der Waals surface area (Å²) < 4.78 is 5.17. The van der Waals surface area contributed by atoms with Crippen LogP contribution in [0, 0.1) is 0 Å². The monoisotopic (exact) mass is 238 g/mol. The Balaban J connectivity index is 2.89. The molecule has 0 aliphatic rings. The van der Waals surface area contributed by atoms with E-state index in [0.717, 1.165) is 23.9 Å². The summed E-state index contributed by atoms with van der Waals surface area (Å²) in [6, 6.07) is 1.90. The van der Waals surface area contributed by atoms with Crippen molar-refractivity contribution in [3.63, 3.8) is 0 Å². The third kappa shape index (κ3) is 4.19. The largest absolute Gasteiger partial charge is 0.382 e. The highest BCUT2D eigenvalue weighted by Crippen LogP contribution is 2.16. The lowest BCUT2D eigenvalue weighted by Gasteiger charge is -2.26. The maximum atomic E-state index is 5.17. The Labute approximate surface area is 103 Å². The Kier molecular flexibility index (Phi) is 4.69. The molecular formula is C12H22N4O. The Bertz CT molecular complexity index is 343. The van der Waals surface area contributed by atoms with Gasteiger partial charge in [0.15, 0.2) is 0 Å². The van der Waals surface area contributed by atoms with E-state index in [9.17, 15) is 0 Å². The van der Waals surface area contributed by atoms with Gasteiger partial charge in [0.05, 0.1) is 12.1 Å². The molecular weight excluding hydrogens is 216 g/mol. The molecule has 0 bridgehead atoms. The van der Waals surface area contributed by atoms with Gasteiger partial charge < -0.3 is 15.4 Å². The highest BCUT2D eigenvalue weighted by molar-refractivity contribution is 5.48. The van der Waals surface area contributed by atoms with Crippen molar-refractivity contribution in [2.45, 2.75) is 32.7 Å². The zero-order valence-electron chi connectivity index (χ0n) is 11.3. The lowest BCUT2D eigenvalue weighted by molar-refractivity contribution is 0.158. The summed E-state index contributed by atoms with van der Waals surface area (Å²) in [4.78, 5) is 8.80. The van der Waals surface area contributed by atoms with Crippen molar-refractivity contribution in [2.75, 3.05) is 31.4 Å². The van der Waals surface area contributed by atoms with Crippen LogP contribution in [0.15, 0.2) is 6.07 Å². The Hall–Kier alpha value is -1.36. The van der Waals surface area contributed by atoms with Crippen LogP contribution >= 0.6 is 0 Å². The first-order valence-corrected chi connectivity index (χ1v) is 5.83. The van der Waals surface area contributed by atoms with Crippen LogP contribution < -0.4 is 10.6 Å². The van der Waals surface area contributed by atoms with E-state index in [0.29, 0.717) is 6.61 Å². The molecule has 5 heteroatoms. The van der Waals surface area contributed by atoms with Gasteiger partial charge in [0, 0.05) is 26.6 Å². The van der Waals surface area contributed by atoms with Crippen LogP contribution in [0.3, 0.4) is 0 Å². The van der Waals surface area contributed by atoms with Gasteiger partial charge in [0.2, 0.25) is 0 Å². The van der Waals surface area contributed by atoms with E-state index < -0.39 is 0 Å². The van der Waals surface area contributed by atoms with E-state index in [1.54, 1.807) is 7.11 Å². The smallest absolute Gasteiger partial charge is 0.132 e. The molecule has 17 heavy (non-hydrogen) atoms. The molecule has 5 nitrogen and oxygen atoms in total. The zero-order valence-corrected chi connectivity index (χ0v) is 11.3. The van der Waals surface area contributed by atoms with Crippen LogP contribution in [0.2, 0.25) is 0 Å². The van der Waals surface area contributed by atoms with Crippen molar-refractivity contribution < 1.29 is 4.74 Å². The fourth-order valence-electron chi connectivity index (χ4n) is 1.59. The van der Waals surface area contributed by atoms with E-state index in [1.807, 2.05) is 20.0 Å². The van der Waals surface area contributed by atoms with Gasteiger partial charge in [-0.1, -0.05) is 6.92 Å². The van der Waals surface area contributed by atoms with Crippen LogP contribution in [0.4, 0.5) is 11.6 Å². The molecule has 96 valence electrons. The van der Waals surface area contributed by atoms with Crippen molar-refractivity contribution in [2.24, 2.45) is 0 Å². The number of hydrogen-bond donors (Lipinski definition) is 2. The molecule has 0 saturated heterocycles. The summed E-state index contributed by atoms with van der Waals surface area (Å²) >= 11 is 0. The molecule has 0 amide bonds. The molecule has 1 rings (SSSR count). The summed E-state index contributed by atoms with van der Waals surface area (Å²) in [5.41, 5.74) is -0.154. The number of aromatic nitrogens is 2. The van der Waals surface area contributed by atoms with Gasteiger partial charge in [0.25, 0.3) is 0 Å². The molecule has 1 aromatic heterocycles. The first kappa shape index (κ1) is 13.7. The molecule has 0 aliphatic carbocycles. The molecule has 2 N–H and O–H groups in total. The molecule has 0 aliphatic heterocycles. The predicted octanol–water partition coefficient (Wildman–Crippen LogP) is 1.92. The molecule has 0 spiro atoms. The fraction of sp³-hybridized carbons (Fsp3) is 0.667. The third-order valence-electron chi connectivity index (χ3n) is 2.32. The quantitative estimate of drug-likeness (QED) is 0.793. The van der Waals surface area contributed by atoms with Gasteiger partial charge in [-0.2, -0.15) is 0 Å². The molecule has 0 radical (unpaired) electrons. The maximum absolute atomic E-state index is 5.17. The number of methoxy groups -OCH3 is 1. The summed E-state index contributed by atoms with van der Waals surface area (Å²) in [7, 11) is 3.55. The van der Waals surface area contributed by atoms with Crippen molar-refractivity contribution in [3.8, 4) is 0 Å². The molecule has 0 fully saturated rings. The first-order chi connectivity index (χ1) is 8.00. The van der Waals surface area contributed by atoms with Crippen LogP contribution in [-0.4, -0.2) is 36.3 Å². The summed E-state index contributed by atoms with van der Waals surface area (Å²) in [6.45, 7) is 6.80. The molecule has 0 unspecified atom stereocenters. The van der Waals surface area contributed by atoms with Crippen LogP contribution in [0.25, 0.3) is 0 Å². The number of ether oxygens (including phenoxy) is 1. The highest BCUT2D eigenvalue weighted by Gasteiger charge is 2.18. The average molecular weight is 238 g/mol. The maximum Gasteiger partial charge on any atom is 0.132 e. The molecule has 1 heterocycles. The van der Waals surface area contributed by atoms with Crippen LogP contribution in [0.5, 0.6) is 0 Å². The lowest BCUT2D eigenvalue weighted by atomic mass is 10.1. The normalized spacial score (nSPS) is 11.4. The van der Waals surface area contributed by atoms with Gasteiger partial charge in [0.1, 0.15) is 17.5 Å². The Morgan fingerprint density at radius 2 is 1.94 bits per heavy atom. The average Bonchev–Trinajstić information content (AvgIpc) is 2.27. The first-order valence-electron chi connectivity index (χ1n) is 5.83. The number of nitrogens with one attached hydrogen (secondary N) is 2. The SMILES string of the molecule is CCc1nc(NC)cc(NC(C)(C)COC)n1. The van der Waals surface area contributed by atoms with E-state index in [4.69, 9.17) is 4.74 Å². The summed E-state index contributed by atoms with van der Waals surface area (Å²) in [5.74, 6) is 2.48. The second kappa shape index (κ2) is 5.82. The standard InChI is InChI=1S/C12H22N4O/c1-6-9-14-10(13-4)7-11(15-9)16-12(2,3)8-17-5/h7H,6,8H2,1-5H3,(H2,13,14,15,16). The van der Waals surface area contributed by atoms with Gasteiger partial charge in [-0.3, -0.25) is 0 Å². The summed E-state index contributed by atoms with van der Waals surface area (Å²) in [6.07, 6.45) is 0.814. The molecule has 0 atom stereocenters. The Morgan fingerprint density at radius 1 is 1.29 bits per heavy atom. The van der Waals surface area contributed by atoms with Gasteiger partial charge in [-0.25, -0.2) is 9.97 Å². The number of nitrogens with zero attached hydrogens (tertiary/aromatic N) is 2. The van der Waals surface area contributed by atoms with E-state index in [1.165, 1.54) is 0 Å². The predicted molar refractivity (Wildman–Crippen MR) is 70.5 cm³/mol. The molecule has 1 aromatic rings. The number of aryl methyl sites for hydroxylation is 1. The van der Waals surface area contributed by atoms with Crippen molar-refractivity contribution in [3.05, 3.63) is 11.9 Å². The van der Waals surface area contributed by atoms with E-state index in [2.05, 4.69) is 34.4 Å². The number of rotatable bonds is 6. The number of anilines is 2. The number of hydrogen-bond acceptors (Lipinski definition) is 5. The van der Waals surface area contributed by atoms with Gasteiger partial charge >= 0.3 is 0 Å². The minimum absolute atomic E-state index is 0.154. The second-order valence-electron chi connectivity index (χ2n) is 4.60. The van der Waals surface area contributed by atoms with E-state index in [-0.39, 0.29) is 5.54 Å². The van der Waals surface area contributed by atoms with Gasteiger partial charge in [-0.05, 0) is 13.8 Å². The Morgan fingerprint density at radius 3 is 2.47 bits per heavy atom. The van der Waals surface area contributed by atoms with Crippen molar-refractivity contribution in [1.82, 2.24) is 9.97 Å². The van der Waals surface area contributed by atoms with E-state index >= 15 is 0 Å². The minimum atomic E-state index is -0.154. The minimum Gasteiger partial charge on any atom is -0.382 e. The topological polar surface area (TPSA) is 59.1 Å². The molecule has 0 saturated carbocycles. The van der Waals surface area contributed by atoms with Crippen LogP contribution in [-0.2, 0) is 11.2 Å². The highest BCUT2D eigenvalue weighted by atomic mass is 16.5. The van der Waals surface area contributed by atoms with Crippen molar-refractivity contribution >= 4 is 11.6 Å².